The summed E-state index contributed by atoms with van der Waals surface area (Å²) in [6.45, 7) is 1.46. The van der Waals surface area contributed by atoms with Crippen molar-refractivity contribution in [1.29, 1.82) is 0 Å². The lowest BCUT2D eigenvalue weighted by Gasteiger charge is -2.14. The Morgan fingerprint density at radius 2 is 2.19 bits per heavy atom. The number of halogens is 2. The van der Waals surface area contributed by atoms with Crippen molar-refractivity contribution in [3.05, 3.63) is 34.6 Å². The summed E-state index contributed by atoms with van der Waals surface area (Å²) >= 11 is 5.56. The zero-order valence-corrected chi connectivity index (χ0v) is 9.41. The number of benzene rings is 1. The van der Waals surface area contributed by atoms with Crippen LogP contribution in [0.25, 0.3) is 0 Å². The van der Waals surface area contributed by atoms with Gasteiger partial charge in [0.1, 0.15) is 5.82 Å². The van der Waals surface area contributed by atoms with Crippen molar-refractivity contribution in [1.82, 2.24) is 0 Å². The van der Waals surface area contributed by atoms with E-state index in [1.807, 2.05) is 0 Å². The van der Waals surface area contributed by atoms with Gasteiger partial charge >= 0.3 is 5.97 Å². The minimum atomic E-state index is -1.14. The highest BCUT2D eigenvalue weighted by Gasteiger charge is 2.20. The first-order valence-corrected chi connectivity index (χ1v) is 5.15. The number of hydrogen-bond acceptors (Lipinski definition) is 2. The quantitative estimate of drug-likeness (QED) is 0.859. The predicted molar refractivity (Wildman–Crippen MR) is 57.8 cm³/mol. The molecule has 1 aromatic rings. The fraction of sp³-hybridized carbons (Fsp3) is 0.364. The summed E-state index contributed by atoms with van der Waals surface area (Å²) in [5.74, 6) is -2.38. The first-order chi connectivity index (χ1) is 7.41. The molecule has 0 aromatic heterocycles. The predicted octanol–water partition coefficient (Wildman–Crippen LogP) is 2.62. The Morgan fingerprint density at radius 3 is 2.69 bits per heavy atom. The summed E-state index contributed by atoms with van der Waals surface area (Å²) in [6, 6.07) is 3.90. The fourth-order valence-electron chi connectivity index (χ4n) is 1.33. The van der Waals surface area contributed by atoms with Crippen LogP contribution in [0.3, 0.4) is 0 Å². The summed E-state index contributed by atoms with van der Waals surface area (Å²) in [6.07, 6.45) is -1.17. The van der Waals surface area contributed by atoms with Crippen LogP contribution in [0.5, 0.6) is 0 Å². The van der Waals surface area contributed by atoms with Crippen LogP contribution in [-0.4, -0.2) is 16.2 Å². The number of aliphatic hydroxyl groups is 1. The molecule has 0 saturated carbocycles. The van der Waals surface area contributed by atoms with Gasteiger partial charge in [-0.3, -0.25) is 4.79 Å². The zero-order valence-electron chi connectivity index (χ0n) is 8.65. The van der Waals surface area contributed by atoms with Gasteiger partial charge in [0.25, 0.3) is 0 Å². The minimum absolute atomic E-state index is 0.0338. The van der Waals surface area contributed by atoms with Crippen molar-refractivity contribution in [2.75, 3.05) is 0 Å². The number of hydrogen-bond donors (Lipinski definition) is 2. The summed E-state index contributed by atoms with van der Waals surface area (Å²) in [4.78, 5) is 10.6. The van der Waals surface area contributed by atoms with E-state index < -0.39 is 23.8 Å². The van der Waals surface area contributed by atoms with Gasteiger partial charge in [0.05, 0.1) is 12.0 Å². The molecule has 0 aliphatic carbocycles. The van der Waals surface area contributed by atoms with Crippen LogP contribution in [0.4, 0.5) is 4.39 Å². The number of carboxylic acids is 1. The Balaban J connectivity index is 2.80. The van der Waals surface area contributed by atoms with Gasteiger partial charge in [-0.25, -0.2) is 4.39 Å². The maximum absolute atomic E-state index is 13.4. The van der Waals surface area contributed by atoms with Crippen molar-refractivity contribution >= 4 is 17.6 Å². The highest BCUT2D eigenvalue weighted by atomic mass is 35.5. The lowest BCUT2D eigenvalue weighted by atomic mass is 9.98. The number of aliphatic hydroxyl groups excluding tert-OH is 1. The zero-order chi connectivity index (χ0) is 12.3. The van der Waals surface area contributed by atoms with Gasteiger partial charge in [-0.05, 0) is 18.6 Å². The Kier molecular flexibility index (Phi) is 4.26. The highest BCUT2D eigenvalue weighted by Crippen LogP contribution is 2.25. The molecule has 0 fully saturated rings. The summed E-state index contributed by atoms with van der Waals surface area (Å²) < 4.78 is 13.4. The molecule has 0 bridgehead atoms. The van der Waals surface area contributed by atoms with E-state index in [4.69, 9.17) is 16.7 Å². The third kappa shape index (κ3) is 3.18. The van der Waals surface area contributed by atoms with Crippen molar-refractivity contribution in [3.8, 4) is 0 Å². The van der Waals surface area contributed by atoms with Crippen LogP contribution >= 0.6 is 11.6 Å². The van der Waals surface area contributed by atoms with E-state index in [0.29, 0.717) is 0 Å². The number of rotatable bonds is 4. The smallest absolute Gasteiger partial charge is 0.306 e. The van der Waals surface area contributed by atoms with E-state index in [0.717, 1.165) is 6.07 Å². The molecule has 0 spiro atoms. The highest BCUT2D eigenvalue weighted by molar-refractivity contribution is 6.30. The van der Waals surface area contributed by atoms with E-state index in [9.17, 15) is 14.3 Å². The van der Waals surface area contributed by atoms with Gasteiger partial charge in [-0.1, -0.05) is 24.6 Å². The van der Waals surface area contributed by atoms with Crippen LogP contribution in [0, 0.1) is 11.7 Å². The van der Waals surface area contributed by atoms with Gasteiger partial charge < -0.3 is 10.2 Å². The van der Waals surface area contributed by atoms with Gasteiger partial charge in [0.15, 0.2) is 0 Å². The van der Waals surface area contributed by atoms with Crippen LogP contribution in [0.1, 0.15) is 25.0 Å². The van der Waals surface area contributed by atoms with E-state index in [2.05, 4.69) is 0 Å². The summed E-state index contributed by atoms with van der Waals surface area (Å²) in [5.41, 5.74) is 0.0671. The number of aliphatic carboxylic acids is 1. The molecule has 5 heteroatoms. The van der Waals surface area contributed by atoms with Crippen molar-refractivity contribution < 1.29 is 19.4 Å². The molecular formula is C11H12ClFO3. The molecule has 1 rings (SSSR count). The molecule has 88 valence electrons. The Bertz CT molecular complexity index is 395. The average molecular weight is 247 g/mol. The van der Waals surface area contributed by atoms with Gasteiger partial charge in [0.2, 0.25) is 0 Å². The summed E-state index contributed by atoms with van der Waals surface area (Å²) in [7, 11) is 0. The molecule has 0 aliphatic heterocycles. The van der Waals surface area contributed by atoms with Crippen LogP contribution in [0.15, 0.2) is 18.2 Å². The maximum atomic E-state index is 13.4. The maximum Gasteiger partial charge on any atom is 0.306 e. The third-order valence-electron chi connectivity index (χ3n) is 2.32. The lowest BCUT2D eigenvalue weighted by molar-refractivity contribution is -0.142. The molecule has 2 unspecified atom stereocenters. The fourth-order valence-corrected chi connectivity index (χ4v) is 1.49. The molecule has 2 N–H and O–H groups in total. The Hall–Kier alpha value is -1.13. The molecule has 0 saturated heterocycles. The van der Waals surface area contributed by atoms with Crippen LogP contribution < -0.4 is 0 Å². The minimum Gasteiger partial charge on any atom is -0.481 e. The molecule has 0 amide bonds. The molecule has 0 radical (unpaired) electrons. The largest absolute Gasteiger partial charge is 0.481 e. The molecule has 0 aliphatic rings. The van der Waals surface area contributed by atoms with Crippen molar-refractivity contribution in [3.63, 3.8) is 0 Å². The second kappa shape index (κ2) is 5.27. The Morgan fingerprint density at radius 1 is 1.56 bits per heavy atom. The molecule has 2 atom stereocenters. The molecule has 1 aromatic carbocycles. The monoisotopic (exact) mass is 246 g/mol. The van der Waals surface area contributed by atoms with Gasteiger partial charge in [0, 0.05) is 10.6 Å². The normalized spacial score (nSPS) is 14.5. The molecule has 3 nitrogen and oxygen atoms in total. The molecular weight excluding hydrogens is 235 g/mol. The average Bonchev–Trinajstić information content (AvgIpc) is 2.16. The first-order valence-electron chi connectivity index (χ1n) is 4.77. The summed E-state index contributed by atoms with van der Waals surface area (Å²) in [5, 5.41) is 18.6. The van der Waals surface area contributed by atoms with Crippen LogP contribution in [0.2, 0.25) is 5.02 Å². The van der Waals surface area contributed by atoms with E-state index in [1.54, 1.807) is 0 Å². The van der Waals surface area contributed by atoms with Crippen molar-refractivity contribution in [2.45, 2.75) is 19.4 Å². The van der Waals surface area contributed by atoms with Crippen molar-refractivity contribution in [2.24, 2.45) is 5.92 Å². The van der Waals surface area contributed by atoms with Gasteiger partial charge in [-0.2, -0.15) is 0 Å². The van der Waals surface area contributed by atoms with E-state index >= 15 is 0 Å². The third-order valence-corrected chi connectivity index (χ3v) is 2.55. The second-order valence-electron chi connectivity index (χ2n) is 3.66. The topological polar surface area (TPSA) is 57.5 Å². The molecule has 0 heterocycles. The number of carbonyl (C=O) groups is 1. The standard InChI is InChI=1S/C11H12ClFO3/c1-6(11(15)16)4-10(14)8-3-2-7(12)5-9(8)13/h2-3,5-6,10,14H,4H2,1H3,(H,15,16). The van der Waals surface area contributed by atoms with E-state index in [1.165, 1.54) is 19.1 Å². The SMILES string of the molecule is CC(CC(O)c1ccc(Cl)cc1F)C(=O)O. The molecule has 16 heavy (non-hydrogen) atoms. The first kappa shape index (κ1) is 12.9. The van der Waals surface area contributed by atoms with Crippen LogP contribution in [-0.2, 0) is 4.79 Å². The number of carboxylic acid groups (broad SMARTS) is 1. The lowest BCUT2D eigenvalue weighted by Crippen LogP contribution is -2.14. The Labute approximate surface area is 97.5 Å². The second-order valence-corrected chi connectivity index (χ2v) is 4.09. The van der Waals surface area contributed by atoms with E-state index in [-0.39, 0.29) is 17.0 Å². The van der Waals surface area contributed by atoms with Gasteiger partial charge in [-0.15, -0.1) is 0 Å².